The van der Waals surface area contributed by atoms with Crippen LogP contribution in [0.15, 0.2) is 24.3 Å². The molecule has 1 aliphatic carbocycles. The van der Waals surface area contributed by atoms with Crippen molar-refractivity contribution in [1.29, 1.82) is 0 Å². The number of benzene rings is 1. The molecule has 0 saturated heterocycles. The van der Waals surface area contributed by atoms with Crippen molar-refractivity contribution in [2.75, 3.05) is 12.4 Å². The van der Waals surface area contributed by atoms with Crippen molar-refractivity contribution in [3.05, 3.63) is 35.4 Å². The van der Waals surface area contributed by atoms with Crippen LogP contribution in [0.4, 0.5) is 0 Å². The molecule has 2 N–H and O–H groups in total. The minimum Gasteiger partial charge on any atom is -0.466 e. The number of nitrogens with one attached hydrogen (secondary N) is 1. The van der Waals surface area contributed by atoms with Gasteiger partial charge in [0.05, 0.1) is 30.9 Å². The van der Waals surface area contributed by atoms with Gasteiger partial charge in [0, 0.05) is 6.42 Å². The fourth-order valence-electron chi connectivity index (χ4n) is 2.42. The average molecular weight is 313 g/mol. The third-order valence-electron chi connectivity index (χ3n) is 3.39. The highest BCUT2D eigenvalue weighted by Crippen LogP contribution is 2.31. The predicted octanol–water partition coefficient (Wildman–Crippen LogP) is 0.517. The first kappa shape index (κ1) is 15.9. The van der Waals surface area contributed by atoms with E-state index in [9.17, 15) is 18.3 Å². The molecule has 1 aliphatic rings. The molecule has 0 heterocycles. The second-order valence-corrected chi connectivity index (χ2v) is 6.81. The molecule has 2 atom stereocenters. The van der Waals surface area contributed by atoms with Gasteiger partial charge >= 0.3 is 5.97 Å². The number of aliphatic hydroxyl groups excluding tert-OH is 1. The van der Waals surface area contributed by atoms with E-state index in [0.717, 1.165) is 11.1 Å². The summed E-state index contributed by atoms with van der Waals surface area (Å²) in [7, 11) is -3.66. The highest BCUT2D eigenvalue weighted by molar-refractivity contribution is 7.89. The molecule has 0 spiro atoms. The lowest BCUT2D eigenvalue weighted by Gasteiger charge is -2.17. The van der Waals surface area contributed by atoms with Crippen molar-refractivity contribution in [1.82, 2.24) is 4.72 Å². The van der Waals surface area contributed by atoms with E-state index in [1.54, 1.807) is 19.1 Å². The predicted molar refractivity (Wildman–Crippen MR) is 77.1 cm³/mol. The Hall–Kier alpha value is -1.44. The summed E-state index contributed by atoms with van der Waals surface area (Å²) in [5.41, 5.74) is 1.72. The van der Waals surface area contributed by atoms with Crippen LogP contribution < -0.4 is 4.72 Å². The maximum Gasteiger partial charge on any atom is 0.306 e. The van der Waals surface area contributed by atoms with E-state index in [1.807, 2.05) is 12.1 Å². The van der Waals surface area contributed by atoms with E-state index in [-0.39, 0.29) is 18.8 Å². The summed E-state index contributed by atoms with van der Waals surface area (Å²) in [4.78, 5) is 11.2. The van der Waals surface area contributed by atoms with Gasteiger partial charge in [0.25, 0.3) is 0 Å². The zero-order valence-corrected chi connectivity index (χ0v) is 12.6. The van der Waals surface area contributed by atoms with Crippen molar-refractivity contribution >= 4 is 16.0 Å². The van der Waals surface area contributed by atoms with Gasteiger partial charge in [-0.15, -0.1) is 0 Å². The summed E-state index contributed by atoms with van der Waals surface area (Å²) >= 11 is 0. The van der Waals surface area contributed by atoms with Crippen LogP contribution >= 0.6 is 0 Å². The monoisotopic (exact) mass is 313 g/mol. The standard InChI is InChI=1S/C14H19NO5S/c1-2-20-13(17)7-8-21(18,19)15-14-11-6-4-3-5-10(11)9-12(14)16/h3-6,12,14-16H,2,7-9H2,1H3/t12-,14+/m0/s1. The SMILES string of the molecule is CCOC(=O)CCS(=O)(=O)N[C@@H]1c2ccccc2C[C@@H]1O. The molecule has 0 radical (unpaired) electrons. The van der Waals surface area contributed by atoms with Crippen LogP contribution in [-0.2, 0) is 26.0 Å². The molecule has 0 aliphatic heterocycles. The summed E-state index contributed by atoms with van der Waals surface area (Å²) in [5.74, 6) is -0.896. The van der Waals surface area contributed by atoms with Gasteiger partial charge in [0.1, 0.15) is 0 Å². The third-order valence-corrected chi connectivity index (χ3v) is 4.75. The van der Waals surface area contributed by atoms with E-state index < -0.39 is 28.1 Å². The van der Waals surface area contributed by atoms with Crippen molar-refractivity contribution in [2.45, 2.75) is 31.9 Å². The Bertz CT molecular complexity index is 614. The molecule has 21 heavy (non-hydrogen) atoms. The Morgan fingerprint density at radius 3 is 2.86 bits per heavy atom. The molecular formula is C14H19NO5S. The number of hydrogen-bond donors (Lipinski definition) is 2. The van der Waals surface area contributed by atoms with Gasteiger partial charge in [-0.1, -0.05) is 24.3 Å². The van der Waals surface area contributed by atoms with Crippen LogP contribution in [0.25, 0.3) is 0 Å². The van der Waals surface area contributed by atoms with Gasteiger partial charge in [-0.3, -0.25) is 4.79 Å². The summed E-state index contributed by atoms with van der Waals surface area (Å²) in [6, 6.07) is 6.66. The molecule has 7 heteroatoms. The van der Waals surface area contributed by atoms with Crippen molar-refractivity contribution < 1.29 is 23.1 Å². The second-order valence-electron chi connectivity index (χ2n) is 4.94. The molecular weight excluding hydrogens is 294 g/mol. The van der Waals surface area contributed by atoms with E-state index in [4.69, 9.17) is 4.74 Å². The Balaban J connectivity index is 2.02. The van der Waals surface area contributed by atoms with Crippen molar-refractivity contribution in [3.63, 3.8) is 0 Å². The lowest BCUT2D eigenvalue weighted by molar-refractivity contribution is -0.142. The first-order valence-corrected chi connectivity index (χ1v) is 8.49. The lowest BCUT2D eigenvalue weighted by atomic mass is 10.1. The smallest absolute Gasteiger partial charge is 0.306 e. The van der Waals surface area contributed by atoms with Gasteiger partial charge in [0.15, 0.2) is 0 Å². The van der Waals surface area contributed by atoms with E-state index >= 15 is 0 Å². The Kier molecular flexibility index (Phi) is 4.97. The van der Waals surface area contributed by atoms with Gasteiger partial charge < -0.3 is 9.84 Å². The molecule has 6 nitrogen and oxygen atoms in total. The third kappa shape index (κ3) is 4.03. The van der Waals surface area contributed by atoms with Crippen molar-refractivity contribution in [2.24, 2.45) is 0 Å². The number of sulfonamides is 1. The molecule has 2 rings (SSSR count). The van der Waals surface area contributed by atoms with Crippen LogP contribution in [0.3, 0.4) is 0 Å². The number of carbonyl (C=O) groups excluding carboxylic acids is 1. The van der Waals surface area contributed by atoms with Gasteiger partial charge in [-0.05, 0) is 18.1 Å². The molecule has 0 bridgehead atoms. The Morgan fingerprint density at radius 2 is 2.14 bits per heavy atom. The number of ether oxygens (including phenoxy) is 1. The highest BCUT2D eigenvalue weighted by atomic mass is 32.2. The molecule has 0 unspecified atom stereocenters. The maximum atomic E-state index is 12.0. The minimum absolute atomic E-state index is 0.201. The zero-order chi connectivity index (χ0) is 15.5. The molecule has 1 aromatic rings. The van der Waals surface area contributed by atoms with Crippen LogP contribution in [0.5, 0.6) is 0 Å². The molecule has 0 fully saturated rings. The first-order chi connectivity index (χ1) is 9.93. The fraction of sp³-hybridized carbons (Fsp3) is 0.500. The summed E-state index contributed by atoms with van der Waals surface area (Å²) in [6.07, 6.45) is -0.575. The molecule has 0 amide bonds. The maximum absolute atomic E-state index is 12.0. The van der Waals surface area contributed by atoms with Crippen LogP contribution in [-0.4, -0.2) is 38.0 Å². The minimum atomic E-state index is -3.66. The Labute approximate surface area is 124 Å². The van der Waals surface area contributed by atoms with Crippen LogP contribution in [0, 0.1) is 0 Å². The van der Waals surface area contributed by atoms with Gasteiger partial charge in [0.2, 0.25) is 10.0 Å². The number of fused-ring (bicyclic) bond motifs is 1. The quantitative estimate of drug-likeness (QED) is 0.747. The van der Waals surface area contributed by atoms with E-state index in [0.29, 0.717) is 6.42 Å². The van der Waals surface area contributed by atoms with Gasteiger partial charge in [-0.2, -0.15) is 0 Å². The molecule has 116 valence electrons. The normalized spacial score (nSPS) is 21.0. The zero-order valence-electron chi connectivity index (χ0n) is 11.8. The summed E-state index contributed by atoms with van der Waals surface area (Å²) in [6.45, 7) is 1.89. The van der Waals surface area contributed by atoms with Crippen molar-refractivity contribution in [3.8, 4) is 0 Å². The molecule has 0 aromatic heterocycles. The largest absolute Gasteiger partial charge is 0.466 e. The van der Waals surface area contributed by atoms with E-state index in [2.05, 4.69) is 4.72 Å². The lowest BCUT2D eigenvalue weighted by Crippen LogP contribution is -2.35. The summed E-state index contributed by atoms with van der Waals surface area (Å²) < 4.78 is 31.2. The fourth-order valence-corrected chi connectivity index (χ4v) is 3.64. The summed E-state index contributed by atoms with van der Waals surface area (Å²) in [5, 5.41) is 10.0. The number of hydrogen-bond acceptors (Lipinski definition) is 5. The Morgan fingerprint density at radius 1 is 1.43 bits per heavy atom. The number of carbonyl (C=O) groups is 1. The molecule has 0 saturated carbocycles. The van der Waals surface area contributed by atoms with Crippen LogP contribution in [0.2, 0.25) is 0 Å². The average Bonchev–Trinajstić information content (AvgIpc) is 2.73. The highest BCUT2D eigenvalue weighted by Gasteiger charge is 2.33. The number of aliphatic hydroxyl groups is 1. The number of rotatable bonds is 6. The van der Waals surface area contributed by atoms with Gasteiger partial charge in [-0.25, -0.2) is 13.1 Å². The first-order valence-electron chi connectivity index (χ1n) is 6.84. The van der Waals surface area contributed by atoms with Crippen LogP contribution in [0.1, 0.15) is 30.5 Å². The van der Waals surface area contributed by atoms with E-state index in [1.165, 1.54) is 0 Å². The topological polar surface area (TPSA) is 92.7 Å². The molecule has 1 aromatic carbocycles. The number of esters is 1. The second kappa shape index (κ2) is 6.55.